The van der Waals surface area contributed by atoms with Crippen molar-refractivity contribution >= 4 is 12.2 Å². The van der Waals surface area contributed by atoms with Crippen LogP contribution in [0.25, 0.3) is 0 Å². The molecule has 0 radical (unpaired) electrons. The molecule has 0 aromatic heterocycles. The molecule has 0 aliphatic rings. The van der Waals surface area contributed by atoms with E-state index in [-0.39, 0.29) is 12.0 Å². The second kappa shape index (κ2) is 5.38. The van der Waals surface area contributed by atoms with Gasteiger partial charge in [0, 0.05) is 5.56 Å². The molecule has 0 fully saturated rings. The molecular formula is C11H11F2NO3. The Hall–Kier alpha value is -1.98. The van der Waals surface area contributed by atoms with Crippen LogP contribution in [0.15, 0.2) is 12.1 Å². The van der Waals surface area contributed by atoms with E-state index in [4.69, 9.17) is 10.5 Å². The quantitative estimate of drug-likeness (QED) is 0.795. The summed E-state index contributed by atoms with van der Waals surface area (Å²) in [6.45, 7) is 1.59. The van der Waals surface area contributed by atoms with Crippen LogP contribution in [-0.4, -0.2) is 18.3 Å². The standard InChI is InChI=1S/C11H11F2NO3/c1-2-9(11(14)16)17-10-7(12)3-6(5-15)4-8(10)13/h3-5,9H,2H2,1H3,(H2,14,16). The number of carbonyl (C=O) groups is 2. The maximum atomic E-state index is 13.4. The zero-order valence-electron chi connectivity index (χ0n) is 9.07. The van der Waals surface area contributed by atoms with Gasteiger partial charge in [-0.1, -0.05) is 6.92 Å². The summed E-state index contributed by atoms with van der Waals surface area (Å²) in [4.78, 5) is 21.2. The summed E-state index contributed by atoms with van der Waals surface area (Å²) in [6.07, 6.45) is -0.619. The number of amides is 1. The molecule has 0 saturated heterocycles. The summed E-state index contributed by atoms with van der Waals surface area (Å²) in [5.41, 5.74) is 4.83. The van der Waals surface area contributed by atoms with Gasteiger partial charge in [0.05, 0.1) is 0 Å². The first-order chi connectivity index (χ1) is 7.99. The summed E-state index contributed by atoms with van der Waals surface area (Å²) >= 11 is 0. The van der Waals surface area contributed by atoms with Crippen molar-refractivity contribution in [2.75, 3.05) is 0 Å². The summed E-state index contributed by atoms with van der Waals surface area (Å²) in [5.74, 6) is -3.62. The Morgan fingerprint density at radius 2 is 2.00 bits per heavy atom. The van der Waals surface area contributed by atoms with E-state index in [9.17, 15) is 18.4 Å². The molecule has 0 saturated carbocycles. The van der Waals surface area contributed by atoms with Gasteiger partial charge in [0.1, 0.15) is 6.29 Å². The Kier molecular flexibility index (Phi) is 4.14. The third kappa shape index (κ3) is 2.99. The largest absolute Gasteiger partial charge is 0.474 e. The highest BCUT2D eigenvalue weighted by Crippen LogP contribution is 2.24. The molecule has 1 aromatic rings. The summed E-state index contributed by atoms with van der Waals surface area (Å²) in [7, 11) is 0. The monoisotopic (exact) mass is 243 g/mol. The van der Waals surface area contributed by atoms with Gasteiger partial charge >= 0.3 is 0 Å². The molecule has 1 rings (SSSR count). The van der Waals surface area contributed by atoms with Crippen LogP contribution in [0.5, 0.6) is 5.75 Å². The third-order valence-corrected chi connectivity index (χ3v) is 2.10. The first-order valence-electron chi connectivity index (χ1n) is 4.89. The zero-order chi connectivity index (χ0) is 13.0. The summed E-state index contributed by atoms with van der Waals surface area (Å²) in [6, 6.07) is 1.64. The second-order valence-electron chi connectivity index (χ2n) is 3.35. The van der Waals surface area contributed by atoms with Gasteiger partial charge in [-0.05, 0) is 18.6 Å². The van der Waals surface area contributed by atoms with Crippen LogP contribution in [0, 0.1) is 11.6 Å². The Morgan fingerprint density at radius 3 is 2.35 bits per heavy atom. The van der Waals surface area contributed by atoms with Crippen LogP contribution in [0.3, 0.4) is 0 Å². The number of primary amides is 1. The van der Waals surface area contributed by atoms with E-state index < -0.39 is 29.4 Å². The maximum Gasteiger partial charge on any atom is 0.258 e. The molecule has 6 heteroatoms. The van der Waals surface area contributed by atoms with Crippen molar-refractivity contribution in [3.05, 3.63) is 29.3 Å². The van der Waals surface area contributed by atoms with Gasteiger partial charge in [0.25, 0.3) is 5.91 Å². The number of benzene rings is 1. The highest BCUT2D eigenvalue weighted by molar-refractivity contribution is 5.79. The molecule has 0 aliphatic heterocycles. The summed E-state index contributed by atoms with van der Waals surface area (Å²) < 4.78 is 31.6. The van der Waals surface area contributed by atoms with Crippen LogP contribution in [0.4, 0.5) is 8.78 Å². The fourth-order valence-electron chi connectivity index (χ4n) is 1.24. The van der Waals surface area contributed by atoms with Gasteiger partial charge in [-0.25, -0.2) is 8.78 Å². The minimum absolute atomic E-state index is 0.153. The van der Waals surface area contributed by atoms with Crippen molar-refractivity contribution in [1.82, 2.24) is 0 Å². The van der Waals surface area contributed by atoms with E-state index in [1.165, 1.54) is 0 Å². The van der Waals surface area contributed by atoms with Crippen molar-refractivity contribution < 1.29 is 23.1 Å². The Morgan fingerprint density at radius 1 is 1.47 bits per heavy atom. The number of halogens is 2. The molecule has 1 amide bonds. The van der Waals surface area contributed by atoms with Gasteiger partial charge in [0.15, 0.2) is 23.5 Å². The molecule has 4 nitrogen and oxygen atoms in total. The zero-order valence-corrected chi connectivity index (χ0v) is 9.07. The second-order valence-corrected chi connectivity index (χ2v) is 3.35. The fraction of sp³-hybridized carbons (Fsp3) is 0.273. The average molecular weight is 243 g/mol. The van der Waals surface area contributed by atoms with Crippen molar-refractivity contribution in [1.29, 1.82) is 0 Å². The van der Waals surface area contributed by atoms with Gasteiger partial charge in [-0.2, -0.15) is 0 Å². The smallest absolute Gasteiger partial charge is 0.258 e. The number of carbonyl (C=O) groups excluding carboxylic acids is 2. The number of nitrogens with two attached hydrogens (primary N) is 1. The first-order valence-corrected chi connectivity index (χ1v) is 4.89. The minimum Gasteiger partial charge on any atom is -0.474 e. The average Bonchev–Trinajstić information content (AvgIpc) is 2.27. The normalized spacial score (nSPS) is 11.9. The molecule has 1 atom stereocenters. The van der Waals surface area contributed by atoms with E-state index >= 15 is 0 Å². The molecule has 0 spiro atoms. The predicted molar refractivity (Wildman–Crippen MR) is 55.6 cm³/mol. The van der Waals surface area contributed by atoms with Crippen molar-refractivity contribution in [2.45, 2.75) is 19.4 Å². The first kappa shape index (κ1) is 13.1. The van der Waals surface area contributed by atoms with Gasteiger partial charge < -0.3 is 10.5 Å². The van der Waals surface area contributed by atoms with Crippen molar-refractivity contribution in [3.8, 4) is 5.75 Å². The Labute approximate surface area is 96.4 Å². The van der Waals surface area contributed by atoms with Crippen molar-refractivity contribution in [2.24, 2.45) is 5.73 Å². The molecule has 1 aromatic carbocycles. The molecule has 0 heterocycles. The fourth-order valence-corrected chi connectivity index (χ4v) is 1.24. The van der Waals surface area contributed by atoms with E-state index in [1.54, 1.807) is 6.92 Å². The van der Waals surface area contributed by atoms with Crippen LogP contribution >= 0.6 is 0 Å². The van der Waals surface area contributed by atoms with E-state index in [2.05, 4.69) is 0 Å². The lowest BCUT2D eigenvalue weighted by molar-refractivity contribution is -0.124. The van der Waals surface area contributed by atoms with Gasteiger partial charge in [-0.3, -0.25) is 9.59 Å². The van der Waals surface area contributed by atoms with E-state index in [1.807, 2.05) is 0 Å². The molecule has 2 N–H and O–H groups in total. The van der Waals surface area contributed by atoms with Crippen LogP contribution in [0.2, 0.25) is 0 Å². The molecule has 0 aliphatic carbocycles. The van der Waals surface area contributed by atoms with E-state index in [0.717, 1.165) is 12.1 Å². The topological polar surface area (TPSA) is 69.4 Å². The number of hydrogen-bond acceptors (Lipinski definition) is 3. The number of aldehydes is 1. The molecule has 17 heavy (non-hydrogen) atoms. The number of hydrogen-bond donors (Lipinski definition) is 1. The lowest BCUT2D eigenvalue weighted by Gasteiger charge is -2.15. The maximum absolute atomic E-state index is 13.4. The lowest BCUT2D eigenvalue weighted by atomic mass is 10.2. The van der Waals surface area contributed by atoms with Crippen molar-refractivity contribution in [3.63, 3.8) is 0 Å². The third-order valence-electron chi connectivity index (χ3n) is 2.10. The molecule has 92 valence electrons. The highest BCUT2D eigenvalue weighted by Gasteiger charge is 2.20. The highest BCUT2D eigenvalue weighted by atomic mass is 19.1. The SMILES string of the molecule is CCC(Oc1c(F)cc(C=O)cc1F)C(N)=O. The molecular weight excluding hydrogens is 232 g/mol. The van der Waals surface area contributed by atoms with E-state index in [0.29, 0.717) is 6.29 Å². The molecule has 1 unspecified atom stereocenters. The van der Waals surface area contributed by atoms with Crippen LogP contribution < -0.4 is 10.5 Å². The Bertz CT molecular complexity index is 425. The molecule has 0 bridgehead atoms. The van der Waals surface area contributed by atoms with Gasteiger partial charge in [0.2, 0.25) is 0 Å². The lowest BCUT2D eigenvalue weighted by Crippen LogP contribution is -2.33. The van der Waals surface area contributed by atoms with Crippen LogP contribution in [-0.2, 0) is 4.79 Å². The minimum atomic E-state index is -1.11. The Balaban J connectivity index is 3.06. The predicted octanol–water partition coefficient (Wildman–Crippen LogP) is 1.42. The summed E-state index contributed by atoms with van der Waals surface area (Å²) in [5, 5.41) is 0. The van der Waals surface area contributed by atoms with Crippen LogP contribution in [0.1, 0.15) is 23.7 Å². The number of rotatable bonds is 5. The number of ether oxygens (including phenoxy) is 1. The van der Waals surface area contributed by atoms with Gasteiger partial charge in [-0.15, -0.1) is 0 Å².